The fourth-order valence-electron chi connectivity index (χ4n) is 3.73. The highest BCUT2D eigenvalue weighted by molar-refractivity contribution is 5.23. The number of rotatable bonds is 9. The Bertz CT molecular complexity index is 620. The highest BCUT2D eigenvalue weighted by Crippen LogP contribution is 2.15. The Balaban J connectivity index is 1.56. The minimum absolute atomic E-state index is 0.250. The third kappa shape index (κ3) is 6.24. The third-order valence-corrected chi connectivity index (χ3v) is 5.17. The van der Waals surface area contributed by atoms with E-state index in [1.807, 2.05) is 0 Å². The molecule has 1 heterocycles. The molecular weight excluding hydrogens is 320 g/mol. The Morgan fingerprint density at radius 3 is 2.04 bits per heavy atom. The SMILES string of the molecule is OCCCN(Cc1ccccc1)Cc1ccc(CN2CCCCC2)cc1. The first-order chi connectivity index (χ1) is 12.8. The molecule has 3 heteroatoms. The van der Waals surface area contributed by atoms with Crippen LogP contribution in [0.25, 0.3) is 0 Å². The smallest absolute Gasteiger partial charge is 0.0443 e. The van der Waals surface area contributed by atoms with Crippen LogP contribution in [0.15, 0.2) is 54.6 Å². The van der Waals surface area contributed by atoms with E-state index in [4.69, 9.17) is 0 Å². The number of aliphatic hydroxyl groups is 1. The van der Waals surface area contributed by atoms with Gasteiger partial charge in [0, 0.05) is 32.8 Å². The van der Waals surface area contributed by atoms with E-state index in [2.05, 4.69) is 64.4 Å². The first-order valence-electron chi connectivity index (χ1n) is 10.0. The summed E-state index contributed by atoms with van der Waals surface area (Å²) in [6, 6.07) is 19.7. The summed E-state index contributed by atoms with van der Waals surface area (Å²) in [6.45, 7) is 6.59. The van der Waals surface area contributed by atoms with Gasteiger partial charge in [-0.2, -0.15) is 0 Å². The normalized spacial score (nSPS) is 15.5. The van der Waals surface area contributed by atoms with Gasteiger partial charge in [0.25, 0.3) is 0 Å². The molecule has 2 aromatic rings. The van der Waals surface area contributed by atoms with Gasteiger partial charge in [-0.05, 0) is 49.0 Å². The van der Waals surface area contributed by atoms with Gasteiger partial charge in [0.15, 0.2) is 0 Å². The van der Waals surface area contributed by atoms with E-state index in [0.29, 0.717) is 0 Å². The van der Waals surface area contributed by atoms with Crippen molar-refractivity contribution < 1.29 is 5.11 Å². The van der Waals surface area contributed by atoms with E-state index in [-0.39, 0.29) is 6.61 Å². The van der Waals surface area contributed by atoms with Crippen molar-refractivity contribution in [3.63, 3.8) is 0 Å². The van der Waals surface area contributed by atoms with Gasteiger partial charge in [-0.15, -0.1) is 0 Å². The molecule has 0 saturated carbocycles. The van der Waals surface area contributed by atoms with Crippen LogP contribution in [0.2, 0.25) is 0 Å². The van der Waals surface area contributed by atoms with E-state index in [1.165, 1.54) is 49.0 Å². The van der Waals surface area contributed by atoms with E-state index in [9.17, 15) is 5.11 Å². The van der Waals surface area contributed by atoms with Crippen molar-refractivity contribution in [1.29, 1.82) is 0 Å². The highest BCUT2D eigenvalue weighted by atomic mass is 16.3. The largest absolute Gasteiger partial charge is 0.396 e. The average molecular weight is 353 g/mol. The van der Waals surface area contributed by atoms with E-state index in [1.54, 1.807) is 0 Å². The molecule has 2 aromatic carbocycles. The number of hydrogen-bond acceptors (Lipinski definition) is 3. The van der Waals surface area contributed by atoms with Crippen LogP contribution < -0.4 is 0 Å². The zero-order chi connectivity index (χ0) is 18.0. The second-order valence-corrected chi connectivity index (χ2v) is 7.43. The first kappa shape index (κ1) is 19.1. The van der Waals surface area contributed by atoms with Crippen molar-refractivity contribution in [2.75, 3.05) is 26.2 Å². The van der Waals surface area contributed by atoms with Gasteiger partial charge < -0.3 is 5.11 Å². The molecule has 0 atom stereocenters. The lowest BCUT2D eigenvalue weighted by Gasteiger charge is -2.26. The molecule has 3 nitrogen and oxygen atoms in total. The van der Waals surface area contributed by atoms with Gasteiger partial charge in [-0.25, -0.2) is 0 Å². The molecule has 0 aromatic heterocycles. The fourth-order valence-corrected chi connectivity index (χ4v) is 3.73. The van der Waals surface area contributed by atoms with Crippen LogP contribution in [0.1, 0.15) is 42.4 Å². The molecule has 1 fully saturated rings. The molecule has 0 bridgehead atoms. The minimum atomic E-state index is 0.250. The molecule has 0 spiro atoms. The molecule has 0 unspecified atom stereocenters. The van der Waals surface area contributed by atoms with E-state index < -0.39 is 0 Å². The van der Waals surface area contributed by atoms with Crippen LogP contribution in [-0.4, -0.2) is 41.1 Å². The third-order valence-electron chi connectivity index (χ3n) is 5.17. The molecule has 0 radical (unpaired) electrons. The number of aliphatic hydroxyl groups excluding tert-OH is 1. The molecule has 0 aliphatic carbocycles. The van der Waals surface area contributed by atoms with Crippen LogP contribution in [0, 0.1) is 0 Å². The van der Waals surface area contributed by atoms with Gasteiger partial charge >= 0.3 is 0 Å². The quantitative estimate of drug-likeness (QED) is 0.737. The van der Waals surface area contributed by atoms with Gasteiger partial charge in [-0.1, -0.05) is 61.0 Å². The van der Waals surface area contributed by atoms with Crippen molar-refractivity contribution in [2.45, 2.75) is 45.3 Å². The summed E-state index contributed by atoms with van der Waals surface area (Å²) in [5.41, 5.74) is 4.09. The van der Waals surface area contributed by atoms with Crippen LogP contribution in [-0.2, 0) is 19.6 Å². The summed E-state index contributed by atoms with van der Waals surface area (Å²) < 4.78 is 0. The van der Waals surface area contributed by atoms with E-state index >= 15 is 0 Å². The van der Waals surface area contributed by atoms with Crippen molar-refractivity contribution in [3.8, 4) is 0 Å². The van der Waals surface area contributed by atoms with Crippen LogP contribution in [0.5, 0.6) is 0 Å². The first-order valence-corrected chi connectivity index (χ1v) is 10.0. The fraction of sp³-hybridized carbons (Fsp3) is 0.478. The molecule has 26 heavy (non-hydrogen) atoms. The Morgan fingerprint density at radius 1 is 0.769 bits per heavy atom. The predicted molar refractivity (Wildman–Crippen MR) is 108 cm³/mol. The lowest BCUT2D eigenvalue weighted by atomic mass is 10.1. The van der Waals surface area contributed by atoms with Crippen molar-refractivity contribution in [3.05, 3.63) is 71.3 Å². The Hall–Kier alpha value is -1.68. The summed E-state index contributed by atoms with van der Waals surface area (Å²) in [4.78, 5) is 4.99. The number of likely N-dealkylation sites (tertiary alicyclic amines) is 1. The molecule has 3 rings (SSSR count). The summed E-state index contributed by atoms with van der Waals surface area (Å²) in [6.07, 6.45) is 4.90. The number of nitrogens with zero attached hydrogens (tertiary/aromatic N) is 2. The molecule has 1 aliphatic rings. The molecule has 1 aliphatic heterocycles. The van der Waals surface area contributed by atoms with Crippen LogP contribution >= 0.6 is 0 Å². The van der Waals surface area contributed by atoms with E-state index in [0.717, 1.165) is 32.6 Å². The Morgan fingerprint density at radius 2 is 1.38 bits per heavy atom. The van der Waals surface area contributed by atoms with Gasteiger partial charge in [-0.3, -0.25) is 9.80 Å². The maximum Gasteiger partial charge on any atom is 0.0443 e. The summed E-state index contributed by atoms with van der Waals surface area (Å²) in [5, 5.41) is 9.21. The number of benzene rings is 2. The van der Waals surface area contributed by atoms with Crippen molar-refractivity contribution in [2.24, 2.45) is 0 Å². The van der Waals surface area contributed by atoms with Crippen molar-refractivity contribution >= 4 is 0 Å². The second-order valence-electron chi connectivity index (χ2n) is 7.43. The molecule has 1 saturated heterocycles. The van der Waals surface area contributed by atoms with Gasteiger partial charge in [0.1, 0.15) is 0 Å². The van der Waals surface area contributed by atoms with Crippen molar-refractivity contribution in [1.82, 2.24) is 9.80 Å². The lowest BCUT2D eigenvalue weighted by molar-refractivity contribution is 0.212. The zero-order valence-corrected chi connectivity index (χ0v) is 15.8. The van der Waals surface area contributed by atoms with Gasteiger partial charge in [0.05, 0.1) is 0 Å². The minimum Gasteiger partial charge on any atom is -0.396 e. The lowest BCUT2D eigenvalue weighted by Crippen LogP contribution is -2.29. The molecule has 1 N–H and O–H groups in total. The zero-order valence-electron chi connectivity index (χ0n) is 15.8. The maximum atomic E-state index is 9.21. The summed E-state index contributed by atoms with van der Waals surface area (Å²) >= 11 is 0. The molecule has 140 valence electrons. The Kier molecular flexibility index (Phi) is 7.68. The molecule has 0 amide bonds. The van der Waals surface area contributed by atoms with Gasteiger partial charge in [0.2, 0.25) is 0 Å². The topological polar surface area (TPSA) is 26.7 Å². The Labute approximate surface area is 158 Å². The summed E-state index contributed by atoms with van der Waals surface area (Å²) in [7, 11) is 0. The number of piperidine rings is 1. The van der Waals surface area contributed by atoms with Crippen LogP contribution in [0.3, 0.4) is 0 Å². The number of hydrogen-bond donors (Lipinski definition) is 1. The monoisotopic (exact) mass is 352 g/mol. The maximum absolute atomic E-state index is 9.21. The van der Waals surface area contributed by atoms with Crippen LogP contribution in [0.4, 0.5) is 0 Å². The molecular formula is C23H32N2O. The predicted octanol–water partition coefficient (Wildman–Crippen LogP) is 4.06. The second kappa shape index (κ2) is 10.5. The average Bonchev–Trinajstić information content (AvgIpc) is 2.69. The standard InChI is InChI=1S/C23H32N2O/c26-17-7-16-25(19-21-8-3-1-4-9-21)20-23-12-10-22(11-13-23)18-24-14-5-2-6-15-24/h1,3-4,8-13,26H,2,5-7,14-20H2. The summed E-state index contributed by atoms with van der Waals surface area (Å²) in [5.74, 6) is 0. The highest BCUT2D eigenvalue weighted by Gasteiger charge is 2.11.